The van der Waals surface area contributed by atoms with Crippen LogP contribution in [0, 0.1) is 6.92 Å². The Hall–Kier alpha value is -3.41. The van der Waals surface area contributed by atoms with Crippen molar-refractivity contribution in [2.24, 2.45) is 5.10 Å². The normalized spacial score (nSPS) is 11.0. The van der Waals surface area contributed by atoms with Gasteiger partial charge in [0.2, 0.25) is 5.78 Å². The highest BCUT2D eigenvalue weighted by Crippen LogP contribution is 2.24. The molecule has 2 heterocycles. The quantitative estimate of drug-likeness (QED) is 0.452. The molecule has 0 aliphatic carbocycles. The van der Waals surface area contributed by atoms with Gasteiger partial charge in [-0.15, -0.1) is 0 Å². The summed E-state index contributed by atoms with van der Waals surface area (Å²) in [5.74, 6) is -0.0696. The number of nitrogens with zero attached hydrogens (tertiary/aromatic N) is 2. The lowest BCUT2D eigenvalue weighted by Gasteiger charge is -2.03. The van der Waals surface area contributed by atoms with Gasteiger partial charge in [-0.1, -0.05) is 36.4 Å². The zero-order valence-corrected chi connectivity index (χ0v) is 13.9. The molecule has 0 saturated carbocycles. The number of nitrogens with one attached hydrogen (secondary N) is 1. The van der Waals surface area contributed by atoms with Crippen molar-refractivity contribution in [3.8, 4) is 0 Å². The molecule has 1 aromatic carbocycles. The number of ether oxygens (including phenoxy) is 1. The summed E-state index contributed by atoms with van der Waals surface area (Å²) in [4.78, 5) is 24.1. The molecule has 2 aromatic heterocycles. The van der Waals surface area contributed by atoms with E-state index in [-0.39, 0.29) is 5.78 Å². The van der Waals surface area contributed by atoms with Crippen molar-refractivity contribution >= 4 is 23.6 Å². The van der Waals surface area contributed by atoms with E-state index in [1.54, 1.807) is 12.1 Å². The van der Waals surface area contributed by atoms with Crippen molar-refractivity contribution in [3.05, 3.63) is 77.1 Å². The minimum atomic E-state index is -0.655. The topological polar surface area (TPSA) is 72.2 Å². The molecule has 0 spiro atoms. The van der Waals surface area contributed by atoms with Crippen LogP contribution in [-0.2, 0) is 4.74 Å². The summed E-state index contributed by atoms with van der Waals surface area (Å²) < 4.78 is 6.32. The van der Waals surface area contributed by atoms with Gasteiger partial charge >= 0.3 is 6.09 Å². The molecule has 0 aliphatic rings. The number of amides is 1. The summed E-state index contributed by atoms with van der Waals surface area (Å²) >= 11 is 0. The van der Waals surface area contributed by atoms with Crippen molar-refractivity contribution in [3.63, 3.8) is 0 Å². The molecule has 0 radical (unpaired) electrons. The van der Waals surface area contributed by atoms with Gasteiger partial charge in [0.25, 0.3) is 0 Å². The van der Waals surface area contributed by atoms with Crippen molar-refractivity contribution in [1.82, 2.24) is 9.83 Å². The number of rotatable bonds is 4. The number of methoxy groups -OCH3 is 1. The zero-order valence-electron chi connectivity index (χ0n) is 13.9. The van der Waals surface area contributed by atoms with E-state index in [2.05, 4.69) is 15.3 Å². The lowest BCUT2D eigenvalue weighted by Crippen LogP contribution is -2.16. The predicted molar refractivity (Wildman–Crippen MR) is 95.1 cm³/mol. The molecule has 0 fully saturated rings. The lowest BCUT2D eigenvalue weighted by atomic mass is 10.0. The Balaban J connectivity index is 2.10. The second-order valence-electron chi connectivity index (χ2n) is 5.40. The molecule has 126 valence electrons. The Kier molecular flexibility index (Phi) is 4.61. The van der Waals surface area contributed by atoms with Gasteiger partial charge in [-0.2, -0.15) is 5.10 Å². The van der Waals surface area contributed by atoms with Crippen molar-refractivity contribution in [2.45, 2.75) is 6.92 Å². The fraction of sp³-hybridized carbons (Fsp3) is 0.105. The van der Waals surface area contributed by atoms with Crippen LogP contribution in [0.5, 0.6) is 0 Å². The third kappa shape index (κ3) is 3.14. The highest BCUT2D eigenvalue weighted by atomic mass is 16.5. The number of hydrogen-bond acceptors (Lipinski definition) is 4. The molecule has 0 atom stereocenters. The van der Waals surface area contributed by atoms with Crippen molar-refractivity contribution < 1.29 is 14.3 Å². The third-order valence-electron chi connectivity index (χ3n) is 3.92. The van der Waals surface area contributed by atoms with Crippen LogP contribution in [0.15, 0.2) is 59.8 Å². The van der Waals surface area contributed by atoms with Crippen LogP contribution in [0.1, 0.15) is 27.2 Å². The van der Waals surface area contributed by atoms with E-state index < -0.39 is 6.09 Å². The van der Waals surface area contributed by atoms with Gasteiger partial charge in [-0.05, 0) is 24.6 Å². The molecule has 0 saturated heterocycles. The van der Waals surface area contributed by atoms with Crippen LogP contribution in [0.3, 0.4) is 0 Å². The number of hydrazone groups is 1. The zero-order chi connectivity index (χ0) is 17.8. The summed E-state index contributed by atoms with van der Waals surface area (Å²) in [6.45, 7) is 1.86. The first-order valence-corrected chi connectivity index (χ1v) is 7.70. The molecule has 0 aliphatic heterocycles. The number of aromatic nitrogens is 1. The Labute approximate surface area is 144 Å². The van der Waals surface area contributed by atoms with Crippen molar-refractivity contribution in [2.75, 3.05) is 7.11 Å². The van der Waals surface area contributed by atoms with E-state index in [1.807, 2.05) is 53.9 Å². The summed E-state index contributed by atoms with van der Waals surface area (Å²) in [5, 5.41) is 3.89. The minimum Gasteiger partial charge on any atom is -0.452 e. The summed E-state index contributed by atoms with van der Waals surface area (Å²) in [6, 6.07) is 14.8. The molecule has 3 aromatic rings. The van der Waals surface area contributed by atoms with Crippen LogP contribution in [0.4, 0.5) is 4.79 Å². The Bertz CT molecular complexity index is 959. The first-order chi connectivity index (χ1) is 12.1. The fourth-order valence-corrected chi connectivity index (χ4v) is 2.72. The Morgan fingerprint density at radius 2 is 1.84 bits per heavy atom. The second kappa shape index (κ2) is 7.00. The summed E-state index contributed by atoms with van der Waals surface area (Å²) in [5.41, 5.74) is 5.82. The lowest BCUT2D eigenvalue weighted by molar-refractivity contribution is 0.103. The second-order valence-corrected chi connectivity index (χ2v) is 5.40. The average Bonchev–Trinajstić information content (AvgIpc) is 2.93. The Morgan fingerprint density at radius 3 is 2.56 bits per heavy atom. The van der Waals surface area contributed by atoms with Gasteiger partial charge in [0.1, 0.15) is 0 Å². The number of carbonyl (C=O) groups is 2. The maximum atomic E-state index is 13.0. The number of carbonyl (C=O) groups excluding carboxylic acids is 2. The van der Waals surface area contributed by atoms with E-state index in [4.69, 9.17) is 0 Å². The highest BCUT2D eigenvalue weighted by Gasteiger charge is 2.20. The fourth-order valence-electron chi connectivity index (χ4n) is 2.72. The molecule has 3 rings (SSSR count). The molecule has 6 heteroatoms. The van der Waals surface area contributed by atoms with E-state index in [9.17, 15) is 9.59 Å². The predicted octanol–water partition coefficient (Wildman–Crippen LogP) is 3.17. The van der Waals surface area contributed by atoms with Gasteiger partial charge in [0.15, 0.2) is 0 Å². The number of fused-ring (bicyclic) bond motifs is 1. The van der Waals surface area contributed by atoms with Gasteiger partial charge in [0.05, 0.1) is 24.5 Å². The van der Waals surface area contributed by atoms with Crippen LogP contribution in [0.25, 0.3) is 5.52 Å². The molecular formula is C19H17N3O3. The Morgan fingerprint density at radius 1 is 1.12 bits per heavy atom. The third-order valence-corrected chi connectivity index (χ3v) is 3.92. The number of ketones is 1. The van der Waals surface area contributed by atoms with Crippen molar-refractivity contribution in [1.29, 1.82) is 0 Å². The number of hydrogen-bond donors (Lipinski definition) is 1. The molecule has 0 bridgehead atoms. The summed E-state index contributed by atoms with van der Waals surface area (Å²) in [6.07, 6.45) is 2.70. The average molecular weight is 335 g/mol. The van der Waals surface area contributed by atoms with E-state index in [0.717, 1.165) is 16.6 Å². The standard InChI is InChI=1S/C19H17N3O3/c1-13-15(12-20-21-19(24)25-2)16-10-6-7-11-22(16)17(13)18(23)14-8-4-3-5-9-14/h3-12H,1-2H3,(H,21,24)/b20-12-. The molecule has 1 amide bonds. The summed E-state index contributed by atoms with van der Waals surface area (Å²) in [7, 11) is 1.26. The van der Waals surface area contributed by atoms with Gasteiger partial charge in [-0.25, -0.2) is 10.2 Å². The smallest absolute Gasteiger partial charge is 0.427 e. The van der Waals surface area contributed by atoms with Crippen LogP contribution in [0.2, 0.25) is 0 Å². The maximum absolute atomic E-state index is 13.0. The van der Waals surface area contributed by atoms with E-state index in [0.29, 0.717) is 11.3 Å². The van der Waals surface area contributed by atoms with Crippen LogP contribution in [-0.4, -0.2) is 29.6 Å². The van der Waals surface area contributed by atoms with Gasteiger partial charge in [0, 0.05) is 17.3 Å². The highest BCUT2D eigenvalue weighted by molar-refractivity contribution is 6.11. The van der Waals surface area contributed by atoms with E-state index >= 15 is 0 Å². The van der Waals surface area contributed by atoms with E-state index in [1.165, 1.54) is 13.3 Å². The van der Waals surface area contributed by atoms with Gasteiger partial charge in [-0.3, -0.25) is 4.79 Å². The first kappa shape index (κ1) is 16.4. The minimum absolute atomic E-state index is 0.0696. The first-order valence-electron chi connectivity index (χ1n) is 7.70. The van der Waals surface area contributed by atoms with Crippen LogP contribution >= 0.6 is 0 Å². The van der Waals surface area contributed by atoms with Crippen LogP contribution < -0.4 is 5.43 Å². The molecule has 25 heavy (non-hydrogen) atoms. The van der Waals surface area contributed by atoms with Gasteiger partial charge < -0.3 is 9.14 Å². The molecular weight excluding hydrogens is 318 g/mol. The SMILES string of the molecule is COC(=O)N/N=C\c1c(C)c(C(=O)c2ccccc2)n2ccccc12. The number of benzene rings is 1. The monoisotopic (exact) mass is 335 g/mol. The molecule has 0 unspecified atom stereocenters. The maximum Gasteiger partial charge on any atom is 0.427 e. The number of pyridine rings is 1. The largest absolute Gasteiger partial charge is 0.452 e. The molecule has 1 N–H and O–H groups in total. The molecule has 6 nitrogen and oxygen atoms in total.